The van der Waals surface area contributed by atoms with Gasteiger partial charge < -0.3 is 14.7 Å². The number of carbonyl (C=O) groups is 1. The van der Waals surface area contributed by atoms with Crippen molar-refractivity contribution in [3.05, 3.63) is 83.0 Å². The summed E-state index contributed by atoms with van der Waals surface area (Å²) in [6.45, 7) is 5.21. The molecule has 1 atom stereocenters. The Morgan fingerprint density at radius 3 is 2.74 bits per heavy atom. The van der Waals surface area contributed by atoms with Crippen molar-refractivity contribution in [1.82, 2.24) is 13.4 Å². The fraction of sp³-hybridized carbons (Fsp3) is 0.280. The molecule has 0 bridgehead atoms. The summed E-state index contributed by atoms with van der Waals surface area (Å²) in [6.07, 6.45) is 2.01. The van der Waals surface area contributed by atoms with Gasteiger partial charge in [0.15, 0.2) is 5.82 Å². The third kappa shape index (κ3) is 4.07. The lowest BCUT2D eigenvalue weighted by atomic mass is 9.83. The third-order valence-corrected chi connectivity index (χ3v) is 7.50. The van der Waals surface area contributed by atoms with E-state index in [9.17, 15) is 4.79 Å². The van der Waals surface area contributed by atoms with Gasteiger partial charge in [0.05, 0.1) is 28.3 Å². The molecule has 1 unspecified atom stereocenters. The molecule has 2 aliphatic rings. The summed E-state index contributed by atoms with van der Waals surface area (Å²) in [6, 6.07) is 14.9. The van der Waals surface area contributed by atoms with Crippen molar-refractivity contribution in [2.75, 3.05) is 30.4 Å². The van der Waals surface area contributed by atoms with Crippen molar-refractivity contribution < 1.29 is 13.7 Å². The van der Waals surface area contributed by atoms with Gasteiger partial charge in [0, 0.05) is 50.2 Å². The predicted octanol–water partition coefficient (Wildman–Crippen LogP) is 4.89. The number of hydrogen-bond acceptors (Lipinski definition) is 6. The number of anilines is 2. The van der Waals surface area contributed by atoms with Crippen LogP contribution in [-0.4, -0.2) is 39.4 Å². The molecule has 3 aromatic rings. The number of rotatable bonds is 5. The zero-order chi connectivity index (χ0) is 24.0. The highest BCUT2D eigenvalue weighted by molar-refractivity contribution is 14.1. The number of hydrazine groups is 1. The summed E-state index contributed by atoms with van der Waals surface area (Å²) in [5, 5.41) is 8.80. The van der Waals surface area contributed by atoms with E-state index in [2.05, 4.69) is 43.2 Å². The Hall–Kier alpha value is -2.92. The molecule has 2 aliphatic heterocycles. The van der Waals surface area contributed by atoms with Crippen LogP contribution in [0.25, 0.3) is 5.57 Å². The van der Waals surface area contributed by atoms with Crippen LogP contribution < -0.4 is 10.2 Å². The lowest BCUT2D eigenvalue weighted by molar-refractivity contribution is -0.120. The normalized spacial score (nSPS) is 20.0. The van der Waals surface area contributed by atoms with Crippen molar-refractivity contribution in [3.8, 4) is 0 Å². The summed E-state index contributed by atoms with van der Waals surface area (Å²) in [5.74, 6) is 0.589. The molecule has 0 saturated heterocycles. The number of halogens is 2. The first kappa shape index (κ1) is 22.9. The van der Waals surface area contributed by atoms with E-state index in [4.69, 9.17) is 4.52 Å². The van der Waals surface area contributed by atoms with Crippen LogP contribution in [-0.2, 0) is 16.8 Å². The molecule has 3 heterocycles. The molecule has 7 nitrogen and oxygen atoms in total. The number of benzene rings is 2. The molecular weight excluding hydrogens is 548 g/mol. The number of nitrogens with one attached hydrogen (secondary N) is 1. The summed E-state index contributed by atoms with van der Waals surface area (Å²) in [7, 11) is 1.99. The number of aryl methyl sites for hydroxylation is 1. The van der Waals surface area contributed by atoms with Crippen LogP contribution in [0.4, 0.5) is 15.9 Å². The van der Waals surface area contributed by atoms with Crippen LogP contribution in [0.15, 0.2) is 59.3 Å². The van der Waals surface area contributed by atoms with Gasteiger partial charge in [-0.05, 0) is 42.7 Å². The zero-order valence-electron chi connectivity index (χ0n) is 19.2. The molecule has 0 spiro atoms. The van der Waals surface area contributed by atoms with Crippen LogP contribution >= 0.6 is 22.9 Å². The fourth-order valence-electron chi connectivity index (χ4n) is 4.61. The van der Waals surface area contributed by atoms with E-state index in [1.807, 2.05) is 59.8 Å². The Balaban J connectivity index is 1.39. The topological polar surface area (TPSA) is 64.9 Å². The van der Waals surface area contributed by atoms with E-state index in [1.165, 1.54) is 0 Å². The lowest BCUT2D eigenvalue weighted by Gasteiger charge is -2.25. The molecule has 0 aliphatic carbocycles. The second-order valence-electron chi connectivity index (χ2n) is 9.05. The van der Waals surface area contributed by atoms with Crippen molar-refractivity contribution in [3.63, 3.8) is 0 Å². The quantitative estimate of drug-likeness (QED) is 0.347. The maximum absolute atomic E-state index is 15.2. The highest BCUT2D eigenvalue weighted by atomic mass is 127. The molecule has 176 valence electrons. The smallest absolute Gasteiger partial charge is 0.237 e. The Morgan fingerprint density at radius 2 is 2.06 bits per heavy atom. The molecule has 1 aromatic heterocycles. The van der Waals surface area contributed by atoms with Crippen LogP contribution in [0.2, 0.25) is 0 Å². The van der Waals surface area contributed by atoms with Gasteiger partial charge in [-0.1, -0.05) is 35.5 Å². The van der Waals surface area contributed by atoms with Gasteiger partial charge in [-0.25, -0.2) is 9.40 Å². The number of para-hydroxylation sites is 1. The number of hydrogen-bond donors (Lipinski definition) is 1. The van der Waals surface area contributed by atoms with E-state index in [0.717, 1.165) is 28.9 Å². The van der Waals surface area contributed by atoms with E-state index in [1.54, 1.807) is 19.1 Å². The maximum atomic E-state index is 15.2. The number of carbonyl (C=O) groups excluding carboxylic acids is 1. The molecule has 5 rings (SSSR count). The zero-order valence-corrected chi connectivity index (χ0v) is 21.3. The first-order valence-electron chi connectivity index (χ1n) is 11.0. The SMILES string of the molecule is Cc1cc(NC(=O)C2(C)CN(Cc3ccc(C4=CN(I)N(C)C4)cc3F)c3ccccc32)no1. The van der Waals surface area contributed by atoms with Crippen molar-refractivity contribution in [1.29, 1.82) is 0 Å². The Bertz CT molecular complexity index is 1290. The third-order valence-electron chi connectivity index (χ3n) is 6.49. The van der Waals surface area contributed by atoms with Gasteiger partial charge in [-0.3, -0.25) is 8.02 Å². The van der Waals surface area contributed by atoms with E-state index in [0.29, 0.717) is 30.2 Å². The van der Waals surface area contributed by atoms with Crippen molar-refractivity contribution in [2.45, 2.75) is 25.8 Å². The Kier molecular flexibility index (Phi) is 5.85. The molecule has 1 N–H and O–H groups in total. The second kappa shape index (κ2) is 8.70. The molecule has 1 amide bonds. The lowest BCUT2D eigenvalue weighted by Crippen LogP contribution is -2.41. The van der Waals surface area contributed by atoms with Crippen LogP contribution in [0.3, 0.4) is 0 Å². The van der Waals surface area contributed by atoms with Crippen molar-refractivity contribution in [2.24, 2.45) is 0 Å². The molecular formula is C25H25FIN5O2. The number of fused-ring (bicyclic) bond motifs is 1. The monoisotopic (exact) mass is 573 g/mol. The van der Waals surface area contributed by atoms with Gasteiger partial charge in [0.25, 0.3) is 0 Å². The number of nitrogens with zero attached hydrogens (tertiary/aromatic N) is 4. The molecule has 34 heavy (non-hydrogen) atoms. The number of aromatic nitrogens is 1. The maximum Gasteiger partial charge on any atom is 0.237 e. The average Bonchev–Trinajstić information content (AvgIpc) is 3.46. The van der Waals surface area contributed by atoms with Crippen LogP contribution in [0, 0.1) is 12.7 Å². The van der Waals surface area contributed by atoms with E-state index in [-0.39, 0.29) is 11.7 Å². The Labute approximate surface area is 211 Å². The summed E-state index contributed by atoms with van der Waals surface area (Å²) in [4.78, 5) is 15.4. The van der Waals surface area contributed by atoms with Gasteiger partial charge in [-0.2, -0.15) is 0 Å². The molecule has 0 saturated carbocycles. The fourth-order valence-corrected chi connectivity index (χ4v) is 5.10. The van der Waals surface area contributed by atoms with Gasteiger partial charge in [0.1, 0.15) is 11.6 Å². The Morgan fingerprint density at radius 1 is 1.26 bits per heavy atom. The van der Waals surface area contributed by atoms with E-state index >= 15 is 4.39 Å². The van der Waals surface area contributed by atoms with Gasteiger partial charge >= 0.3 is 0 Å². The summed E-state index contributed by atoms with van der Waals surface area (Å²) >= 11 is 2.21. The predicted molar refractivity (Wildman–Crippen MR) is 138 cm³/mol. The number of amides is 1. The largest absolute Gasteiger partial charge is 0.365 e. The molecule has 0 fully saturated rings. The van der Waals surface area contributed by atoms with Gasteiger partial charge in [-0.15, -0.1) is 0 Å². The summed E-state index contributed by atoms with van der Waals surface area (Å²) < 4.78 is 22.2. The first-order valence-corrected chi connectivity index (χ1v) is 12.0. The highest BCUT2D eigenvalue weighted by Gasteiger charge is 2.45. The number of likely N-dealkylation sites (N-methyl/N-ethyl adjacent to an activating group) is 1. The minimum absolute atomic E-state index is 0.174. The van der Waals surface area contributed by atoms with E-state index < -0.39 is 5.41 Å². The first-order chi connectivity index (χ1) is 16.2. The minimum Gasteiger partial charge on any atom is -0.365 e. The van der Waals surface area contributed by atoms with Crippen molar-refractivity contribution >= 4 is 45.9 Å². The van der Waals surface area contributed by atoms with Crippen LogP contribution in [0.5, 0.6) is 0 Å². The van der Waals surface area contributed by atoms with Crippen LogP contribution in [0.1, 0.15) is 29.4 Å². The molecule has 0 radical (unpaired) electrons. The minimum atomic E-state index is -0.817. The molecule has 9 heteroatoms. The highest BCUT2D eigenvalue weighted by Crippen LogP contribution is 2.42. The standard InChI is InChI=1S/C25H25FIN5O2/c1-16-10-23(29-34-16)28-24(33)25(2)15-31(22-7-5-4-6-20(22)25)13-18-9-8-17(11-21(18)26)19-12-30(3)32(27)14-19/h4-11,14H,12-13,15H2,1-3H3,(H,28,29,33). The summed E-state index contributed by atoms with van der Waals surface area (Å²) in [5.41, 5.74) is 3.56. The average molecular weight is 573 g/mol. The van der Waals surface area contributed by atoms with Gasteiger partial charge in [0.2, 0.25) is 5.91 Å². The molecule has 2 aromatic carbocycles. The second-order valence-corrected chi connectivity index (χ2v) is 10.0.